The highest BCUT2D eigenvalue weighted by Crippen LogP contribution is 2.33. The van der Waals surface area contributed by atoms with E-state index in [-0.39, 0.29) is 23.3 Å². The van der Waals surface area contributed by atoms with E-state index in [4.69, 9.17) is 0 Å². The number of sulfone groups is 1. The zero-order chi connectivity index (χ0) is 14.2. The highest BCUT2D eigenvalue weighted by atomic mass is 32.2. The van der Waals surface area contributed by atoms with Gasteiger partial charge in [-0.2, -0.15) is 0 Å². The van der Waals surface area contributed by atoms with Crippen molar-refractivity contribution in [3.63, 3.8) is 0 Å². The molecule has 1 heterocycles. The molecule has 108 valence electrons. The van der Waals surface area contributed by atoms with Gasteiger partial charge < -0.3 is 4.90 Å². The molecule has 0 spiro atoms. The average Bonchev–Trinajstić information content (AvgIpc) is 2.46. The molecule has 0 bridgehead atoms. The number of fused-ring (bicyclic) bond motifs is 1. The summed E-state index contributed by atoms with van der Waals surface area (Å²) in [6.07, 6.45) is 2.94. The van der Waals surface area contributed by atoms with E-state index in [0.717, 1.165) is 24.8 Å². The molecule has 4 nitrogen and oxygen atoms in total. The van der Waals surface area contributed by atoms with Gasteiger partial charge in [0.25, 0.3) is 0 Å². The highest BCUT2D eigenvalue weighted by molar-refractivity contribution is 7.91. The summed E-state index contributed by atoms with van der Waals surface area (Å²) in [5.74, 6) is 0.230. The smallest absolute Gasteiger partial charge is 0.230 e. The molecular formula is C15H19NO3S. The third-order valence-electron chi connectivity index (χ3n) is 4.32. The number of hydrogen-bond donors (Lipinski definition) is 0. The maximum absolute atomic E-state index is 12.7. The van der Waals surface area contributed by atoms with Crippen LogP contribution in [0.25, 0.3) is 0 Å². The molecule has 1 unspecified atom stereocenters. The third-order valence-corrected chi connectivity index (χ3v) is 5.93. The first-order chi connectivity index (χ1) is 9.57. The number of hydrogen-bond acceptors (Lipinski definition) is 3. The van der Waals surface area contributed by atoms with Crippen molar-refractivity contribution in [1.29, 1.82) is 0 Å². The Morgan fingerprint density at radius 3 is 2.60 bits per heavy atom. The quantitative estimate of drug-likeness (QED) is 0.785. The lowest BCUT2D eigenvalue weighted by Gasteiger charge is -2.33. The maximum Gasteiger partial charge on any atom is 0.230 e. The van der Waals surface area contributed by atoms with Crippen LogP contribution in [-0.4, -0.2) is 43.8 Å². The van der Waals surface area contributed by atoms with Gasteiger partial charge in [-0.25, -0.2) is 8.42 Å². The van der Waals surface area contributed by atoms with Crippen molar-refractivity contribution in [2.75, 3.05) is 24.6 Å². The Kier molecular flexibility index (Phi) is 3.54. The molecular weight excluding hydrogens is 274 g/mol. The van der Waals surface area contributed by atoms with Crippen molar-refractivity contribution in [3.8, 4) is 0 Å². The second-order valence-electron chi connectivity index (χ2n) is 5.62. The zero-order valence-electron chi connectivity index (χ0n) is 11.4. The molecule has 1 amide bonds. The Balaban J connectivity index is 1.79. The number of nitrogens with zero attached hydrogens (tertiary/aromatic N) is 1. The normalized spacial score (nSPS) is 25.0. The fourth-order valence-corrected chi connectivity index (χ4v) is 4.36. The van der Waals surface area contributed by atoms with Gasteiger partial charge in [0.05, 0.1) is 17.4 Å². The number of amides is 1. The Hall–Kier alpha value is -1.36. The number of carbonyl (C=O) groups excluding carboxylic acids is 1. The average molecular weight is 293 g/mol. The Bertz CT molecular complexity index is 610. The van der Waals surface area contributed by atoms with Crippen molar-refractivity contribution in [2.45, 2.75) is 25.2 Å². The highest BCUT2D eigenvalue weighted by Gasteiger charge is 2.32. The SMILES string of the molecule is O=C(C1CCCc2ccccc21)N1CCS(=O)(=O)CC1. The largest absolute Gasteiger partial charge is 0.340 e. The van der Waals surface area contributed by atoms with Gasteiger partial charge >= 0.3 is 0 Å². The summed E-state index contributed by atoms with van der Waals surface area (Å²) in [6.45, 7) is 0.694. The molecule has 1 saturated heterocycles. The molecule has 0 radical (unpaired) electrons. The van der Waals surface area contributed by atoms with Crippen LogP contribution in [0.2, 0.25) is 0 Å². The minimum Gasteiger partial charge on any atom is -0.340 e. The maximum atomic E-state index is 12.7. The monoisotopic (exact) mass is 293 g/mol. The Labute approximate surface area is 119 Å². The first kappa shape index (κ1) is 13.6. The van der Waals surface area contributed by atoms with Gasteiger partial charge in [-0.05, 0) is 30.4 Å². The molecule has 0 saturated carbocycles. The molecule has 20 heavy (non-hydrogen) atoms. The molecule has 3 rings (SSSR count). The van der Waals surface area contributed by atoms with Crippen LogP contribution in [-0.2, 0) is 21.1 Å². The lowest BCUT2D eigenvalue weighted by atomic mass is 9.82. The van der Waals surface area contributed by atoms with Crippen molar-refractivity contribution in [3.05, 3.63) is 35.4 Å². The Morgan fingerprint density at radius 2 is 1.85 bits per heavy atom. The van der Waals surface area contributed by atoms with Crippen LogP contribution < -0.4 is 0 Å². The van der Waals surface area contributed by atoms with E-state index < -0.39 is 9.84 Å². The molecule has 0 N–H and O–H groups in total. The van der Waals surface area contributed by atoms with Crippen LogP contribution in [0.5, 0.6) is 0 Å². The lowest BCUT2D eigenvalue weighted by Crippen LogP contribution is -2.46. The van der Waals surface area contributed by atoms with Crippen LogP contribution in [0.3, 0.4) is 0 Å². The van der Waals surface area contributed by atoms with Crippen LogP contribution in [0.4, 0.5) is 0 Å². The number of carbonyl (C=O) groups is 1. The number of rotatable bonds is 1. The molecule has 1 atom stereocenters. The fourth-order valence-electron chi connectivity index (χ4n) is 3.16. The van der Waals surface area contributed by atoms with Crippen molar-refractivity contribution in [2.24, 2.45) is 0 Å². The number of benzene rings is 1. The van der Waals surface area contributed by atoms with Gasteiger partial charge in [0.1, 0.15) is 0 Å². The molecule has 2 aliphatic rings. The predicted molar refractivity (Wildman–Crippen MR) is 77.4 cm³/mol. The topological polar surface area (TPSA) is 54.5 Å². The standard InChI is InChI=1S/C15H19NO3S/c17-15(16-8-10-20(18,19)11-9-16)14-7-3-5-12-4-1-2-6-13(12)14/h1-2,4,6,14H,3,5,7-11H2. The summed E-state index contributed by atoms with van der Waals surface area (Å²) in [7, 11) is -2.93. The molecule has 1 aromatic carbocycles. The van der Waals surface area contributed by atoms with E-state index in [1.165, 1.54) is 5.56 Å². The Morgan fingerprint density at radius 1 is 1.15 bits per heavy atom. The van der Waals surface area contributed by atoms with Gasteiger partial charge in [-0.3, -0.25) is 4.79 Å². The van der Waals surface area contributed by atoms with Crippen molar-refractivity contribution in [1.82, 2.24) is 4.90 Å². The molecule has 0 aromatic heterocycles. The predicted octanol–water partition coefficient (Wildman–Crippen LogP) is 1.36. The summed E-state index contributed by atoms with van der Waals surface area (Å²) in [5, 5.41) is 0. The van der Waals surface area contributed by atoms with Crippen molar-refractivity contribution >= 4 is 15.7 Å². The lowest BCUT2D eigenvalue weighted by molar-refractivity contribution is -0.132. The third kappa shape index (κ3) is 2.59. The van der Waals surface area contributed by atoms with E-state index in [9.17, 15) is 13.2 Å². The number of aryl methyl sites for hydroxylation is 1. The summed E-state index contributed by atoms with van der Waals surface area (Å²) in [6, 6.07) is 8.12. The van der Waals surface area contributed by atoms with Gasteiger partial charge in [0.15, 0.2) is 9.84 Å². The summed E-state index contributed by atoms with van der Waals surface area (Å²) in [5.41, 5.74) is 2.40. The van der Waals surface area contributed by atoms with Crippen LogP contribution in [0.1, 0.15) is 29.9 Å². The second-order valence-corrected chi connectivity index (χ2v) is 7.92. The van der Waals surface area contributed by atoms with Crippen LogP contribution >= 0.6 is 0 Å². The van der Waals surface area contributed by atoms with E-state index in [1.807, 2.05) is 18.2 Å². The molecule has 1 aromatic rings. The van der Waals surface area contributed by atoms with E-state index in [0.29, 0.717) is 13.1 Å². The van der Waals surface area contributed by atoms with Gasteiger partial charge in [-0.1, -0.05) is 24.3 Å². The second kappa shape index (κ2) is 5.20. The molecule has 5 heteroatoms. The van der Waals surface area contributed by atoms with Crippen LogP contribution in [0, 0.1) is 0 Å². The molecule has 1 aliphatic carbocycles. The summed E-state index contributed by atoms with van der Waals surface area (Å²) < 4.78 is 22.9. The van der Waals surface area contributed by atoms with Crippen LogP contribution in [0.15, 0.2) is 24.3 Å². The molecule has 1 aliphatic heterocycles. The minimum absolute atomic E-state index is 0.0826. The van der Waals surface area contributed by atoms with Gasteiger partial charge in [-0.15, -0.1) is 0 Å². The minimum atomic E-state index is -2.93. The van der Waals surface area contributed by atoms with E-state index >= 15 is 0 Å². The first-order valence-electron chi connectivity index (χ1n) is 7.14. The van der Waals surface area contributed by atoms with Crippen molar-refractivity contribution < 1.29 is 13.2 Å². The zero-order valence-corrected chi connectivity index (χ0v) is 12.2. The fraction of sp³-hybridized carbons (Fsp3) is 0.533. The van der Waals surface area contributed by atoms with Gasteiger partial charge in [0.2, 0.25) is 5.91 Å². The summed E-state index contributed by atoms with van der Waals surface area (Å²) in [4.78, 5) is 14.4. The van der Waals surface area contributed by atoms with E-state index in [1.54, 1.807) is 4.90 Å². The van der Waals surface area contributed by atoms with E-state index in [2.05, 4.69) is 6.07 Å². The molecule has 1 fully saturated rings. The first-order valence-corrected chi connectivity index (χ1v) is 8.96. The van der Waals surface area contributed by atoms with Gasteiger partial charge in [0, 0.05) is 13.1 Å². The summed E-state index contributed by atoms with van der Waals surface area (Å²) >= 11 is 0.